The predicted octanol–water partition coefficient (Wildman–Crippen LogP) is 4.97. The third-order valence-electron chi connectivity index (χ3n) is 15.6. The van der Waals surface area contributed by atoms with Gasteiger partial charge in [-0.25, -0.2) is 9.59 Å². The number of hydrogen-bond donors (Lipinski definition) is 14. The number of fused-ring (bicyclic) bond motifs is 14. The lowest BCUT2D eigenvalue weighted by Gasteiger charge is -2.31. The monoisotopic (exact) mass is 1280 g/mol. The van der Waals surface area contributed by atoms with Gasteiger partial charge in [-0.3, -0.25) is 28.8 Å². The second-order valence-corrected chi connectivity index (χ2v) is 22.5. The van der Waals surface area contributed by atoms with Crippen LogP contribution in [-0.2, 0) is 49.5 Å². The Balaban J connectivity index is 1.11. The number of aliphatic hydroxyl groups is 1. The SMILES string of the molecule is N[C@H]1C(=O)N[C@@H]2Cc3ccc(c(Cl)c3)Oc3cc4cc(c3OC3CCOC3=O)Oc3ccc(cc3Cl)[C@@H](O)[C@@H]3NC(=O)[C@H](NC(=O)[C@@H]4NC(=O)[C@@H](NC2=O)c2cc(O)cc(c2)Oc2cc1ccc2O)c1ccc(O)c(c1)-c1c(O)cc(O)cc1[C@H](C(=O)O)NC3=O. The zero-order chi connectivity index (χ0) is 64.4. The molecule has 466 valence electrons. The van der Waals surface area contributed by atoms with Gasteiger partial charge in [0.2, 0.25) is 41.2 Å². The molecule has 15 N–H and O–H groups in total. The van der Waals surface area contributed by atoms with Gasteiger partial charge in [-0.05, 0) is 112 Å². The number of cyclic esters (lactones) is 1. The molecule has 17 bridgehead atoms. The van der Waals surface area contributed by atoms with Gasteiger partial charge in [0.05, 0.1) is 16.7 Å². The van der Waals surface area contributed by atoms with E-state index in [-0.39, 0.29) is 91.8 Å². The van der Waals surface area contributed by atoms with E-state index in [1.807, 2.05) is 0 Å². The number of carbonyl (C=O) groups excluding carboxylic acids is 7. The van der Waals surface area contributed by atoms with Crippen LogP contribution in [0, 0.1) is 0 Å². The summed E-state index contributed by atoms with van der Waals surface area (Å²) in [7, 11) is 0. The Bertz CT molecular complexity index is 4280. The van der Waals surface area contributed by atoms with Crippen LogP contribution in [0.4, 0.5) is 0 Å². The lowest BCUT2D eigenvalue weighted by Crippen LogP contribution is -2.55. The fourth-order valence-electron chi connectivity index (χ4n) is 11.1. The number of benzene rings is 7. The van der Waals surface area contributed by atoms with Gasteiger partial charge in [-0.1, -0.05) is 47.5 Å². The van der Waals surface area contributed by atoms with Gasteiger partial charge in [0.1, 0.15) is 82.6 Å². The maximum atomic E-state index is 16.0. The molecule has 7 heterocycles. The van der Waals surface area contributed by atoms with Crippen molar-refractivity contribution in [1.29, 1.82) is 0 Å². The van der Waals surface area contributed by atoms with Gasteiger partial charge in [-0.2, -0.15) is 0 Å². The first-order valence-corrected chi connectivity index (χ1v) is 28.4. The Hall–Kier alpha value is -11.0. The van der Waals surface area contributed by atoms with Crippen molar-refractivity contribution in [3.63, 3.8) is 0 Å². The highest BCUT2D eigenvalue weighted by atomic mass is 35.5. The maximum absolute atomic E-state index is 16.0. The molecule has 14 rings (SSSR count). The first-order chi connectivity index (χ1) is 43.4. The number of rotatable bonds is 3. The Labute approximate surface area is 522 Å². The zero-order valence-electron chi connectivity index (χ0n) is 46.6. The van der Waals surface area contributed by atoms with Crippen LogP contribution in [0.25, 0.3) is 11.1 Å². The second kappa shape index (κ2) is 23.8. The summed E-state index contributed by atoms with van der Waals surface area (Å²) in [4.78, 5) is 117. The van der Waals surface area contributed by atoms with Gasteiger partial charge in [0.25, 0.3) is 0 Å². The lowest BCUT2D eigenvalue weighted by atomic mass is 9.89. The zero-order valence-corrected chi connectivity index (χ0v) is 48.1. The highest BCUT2D eigenvalue weighted by Gasteiger charge is 2.42. The summed E-state index contributed by atoms with van der Waals surface area (Å²) in [5.41, 5.74) is 4.37. The summed E-state index contributed by atoms with van der Waals surface area (Å²) in [6, 6.07) is 8.21. The molecular weight excluding hydrogens is 1230 g/mol. The standard InChI is InChI=1S/C62H49Cl2N7O20/c63-34-11-23-1-7-40(34)89-44-18-28-19-45(54(44)91-42-9-10-87-62(42)86)90-41-8-4-26(16-35(41)64)53(77)52-60(83)70-51(61(84)85)33-21-30(73)22-39(76)46(33)32-15-25(3-5-37(32)74)48(57(80)71-52)68-59(82)50(28)69-58(81)49-27-13-29(72)20-31(14-27)88-43-17-24(2-6-38(43)75)47(65)56(79)66-36(12-23)55(78)67-49/h1-8,11,13-22,36,42,47-53,72-77H,9-10,12,65H2,(H,66,79)(H,67,78)(H,68,82)(H,69,81)(H,70,83)(H,71,80)(H,84,85)/t36-,42?,47-,48-,49+,50-,51-,52+,53-/m1/s1. The van der Waals surface area contributed by atoms with Gasteiger partial charge in [0.15, 0.2) is 35.1 Å². The van der Waals surface area contributed by atoms with Gasteiger partial charge >= 0.3 is 11.9 Å². The van der Waals surface area contributed by atoms with Gasteiger partial charge < -0.3 is 97.1 Å². The molecule has 27 nitrogen and oxygen atoms in total. The molecule has 0 aromatic heterocycles. The summed E-state index contributed by atoms with van der Waals surface area (Å²) < 4.78 is 30.7. The number of carboxylic acids is 1. The van der Waals surface area contributed by atoms with Crippen LogP contribution in [0.15, 0.2) is 115 Å². The number of ether oxygens (including phenoxy) is 5. The Morgan fingerprint density at radius 1 is 0.538 bits per heavy atom. The summed E-state index contributed by atoms with van der Waals surface area (Å²) in [5, 5.41) is 93.5. The minimum atomic E-state index is -2.22. The molecule has 1 saturated heterocycles. The molecule has 7 aliphatic heterocycles. The predicted molar refractivity (Wildman–Crippen MR) is 313 cm³/mol. The molecule has 7 aromatic rings. The van der Waals surface area contributed by atoms with Crippen molar-refractivity contribution < 1.29 is 97.8 Å². The van der Waals surface area contributed by atoms with Crippen LogP contribution < -0.4 is 56.6 Å². The van der Waals surface area contributed by atoms with Crippen LogP contribution in [0.3, 0.4) is 0 Å². The number of amides is 6. The summed E-state index contributed by atoms with van der Waals surface area (Å²) in [5.74, 6) is -15.3. The van der Waals surface area contributed by atoms with E-state index in [1.54, 1.807) is 0 Å². The molecule has 7 aromatic carbocycles. The first-order valence-electron chi connectivity index (χ1n) is 27.6. The van der Waals surface area contributed by atoms with Crippen molar-refractivity contribution in [3.8, 4) is 80.1 Å². The fraction of sp³-hybridized carbons (Fsp3) is 0.194. The van der Waals surface area contributed by atoms with Crippen LogP contribution in [0.5, 0.6) is 69.0 Å². The lowest BCUT2D eigenvalue weighted by molar-refractivity contribution is -0.144. The number of phenolic OH excluding ortho intramolecular Hbond substituents is 5. The molecule has 91 heavy (non-hydrogen) atoms. The molecule has 9 atom stereocenters. The molecule has 29 heteroatoms. The Morgan fingerprint density at radius 2 is 1.14 bits per heavy atom. The average molecular weight is 1280 g/mol. The Kier molecular flexibility index (Phi) is 15.8. The van der Waals surface area contributed by atoms with Crippen molar-refractivity contribution >= 4 is 70.6 Å². The van der Waals surface area contributed by atoms with Gasteiger partial charge in [0, 0.05) is 41.7 Å². The minimum absolute atomic E-state index is 0.00796. The summed E-state index contributed by atoms with van der Waals surface area (Å²) in [6.45, 7) is -0.0805. The minimum Gasteiger partial charge on any atom is -0.508 e. The molecule has 1 fully saturated rings. The molecule has 0 saturated carbocycles. The number of aliphatic carboxylic acids is 1. The molecular formula is C62H49Cl2N7O20. The Morgan fingerprint density at radius 3 is 1.81 bits per heavy atom. The van der Waals surface area contributed by atoms with Crippen LogP contribution >= 0.6 is 23.2 Å². The van der Waals surface area contributed by atoms with Crippen LogP contribution in [0.2, 0.25) is 10.0 Å². The number of nitrogens with one attached hydrogen (secondary N) is 6. The number of carbonyl (C=O) groups is 8. The molecule has 0 spiro atoms. The van der Waals surface area contributed by atoms with Crippen molar-refractivity contribution in [3.05, 3.63) is 164 Å². The van der Waals surface area contributed by atoms with E-state index in [9.17, 15) is 54.9 Å². The van der Waals surface area contributed by atoms with E-state index < -0.39 is 153 Å². The smallest absolute Gasteiger partial charge is 0.347 e. The van der Waals surface area contributed by atoms with Crippen molar-refractivity contribution in [2.24, 2.45) is 5.73 Å². The van der Waals surface area contributed by atoms with E-state index in [2.05, 4.69) is 31.9 Å². The number of aromatic hydroxyl groups is 5. The third-order valence-corrected chi connectivity index (χ3v) is 16.2. The van der Waals surface area contributed by atoms with Crippen molar-refractivity contribution in [2.45, 2.75) is 67.3 Å². The molecule has 7 aliphatic rings. The molecule has 0 aliphatic carbocycles. The van der Waals surface area contributed by atoms with E-state index in [4.69, 9.17) is 52.6 Å². The van der Waals surface area contributed by atoms with Crippen molar-refractivity contribution in [2.75, 3.05) is 6.61 Å². The molecule has 6 amide bonds. The quantitative estimate of drug-likeness (QED) is 0.104. The number of esters is 1. The van der Waals surface area contributed by atoms with E-state index in [0.29, 0.717) is 5.56 Å². The number of hydrogen-bond acceptors (Lipinski definition) is 20. The highest BCUT2D eigenvalue weighted by Crippen LogP contribution is 2.49. The highest BCUT2D eigenvalue weighted by molar-refractivity contribution is 6.32. The van der Waals surface area contributed by atoms with Gasteiger partial charge in [-0.15, -0.1) is 0 Å². The maximum Gasteiger partial charge on any atom is 0.347 e. The molecule has 0 radical (unpaired) electrons. The number of nitrogens with two attached hydrogens (primary N) is 1. The average Bonchev–Trinajstić information content (AvgIpc) is 1.16. The number of carboxylic acid groups (broad SMARTS) is 1. The number of phenols is 5. The van der Waals surface area contributed by atoms with E-state index >= 15 is 19.2 Å². The number of aliphatic hydroxyl groups excluding tert-OH is 1. The van der Waals surface area contributed by atoms with Crippen LogP contribution in [0.1, 0.15) is 81.7 Å². The topological polar surface area (TPSA) is 423 Å². The van der Waals surface area contributed by atoms with Crippen molar-refractivity contribution in [1.82, 2.24) is 31.9 Å². The largest absolute Gasteiger partial charge is 0.508 e. The normalized spacial score (nSPS) is 22.9. The summed E-state index contributed by atoms with van der Waals surface area (Å²) in [6.07, 6.45) is -3.87. The summed E-state index contributed by atoms with van der Waals surface area (Å²) >= 11 is 14.0. The fourth-order valence-corrected chi connectivity index (χ4v) is 11.5. The van der Waals surface area contributed by atoms with Crippen LogP contribution in [-0.4, -0.2) is 108 Å². The first kappa shape index (κ1) is 60.3. The second-order valence-electron chi connectivity index (χ2n) is 21.6. The molecule has 1 unspecified atom stereocenters. The van der Waals surface area contributed by atoms with E-state index in [1.165, 1.54) is 60.7 Å². The third kappa shape index (κ3) is 11.8. The van der Waals surface area contributed by atoms with E-state index in [0.717, 1.165) is 54.6 Å². The number of halogens is 2.